The van der Waals surface area contributed by atoms with Crippen LogP contribution in [0.2, 0.25) is 18.1 Å². The fourth-order valence-electron chi connectivity index (χ4n) is 1.37. The second kappa shape index (κ2) is 6.91. The second-order valence-corrected chi connectivity index (χ2v) is 12.6. The fourth-order valence-corrected chi connectivity index (χ4v) is 2.46. The maximum Gasteiger partial charge on any atom is 0.421 e. The molecular weight excluding hydrogens is 272 g/mol. The molecule has 0 aromatic carbocycles. The molecule has 0 rings (SSSR count). The molecule has 0 aliphatic rings. The van der Waals surface area contributed by atoms with Crippen molar-refractivity contribution in [1.29, 1.82) is 0 Å². The number of hydrogen-bond donors (Lipinski definition) is 2. The van der Waals surface area contributed by atoms with E-state index in [0.717, 1.165) is 0 Å². The minimum absolute atomic E-state index is 0.184. The van der Waals surface area contributed by atoms with Gasteiger partial charge in [0.2, 0.25) is 0 Å². The van der Waals surface area contributed by atoms with Gasteiger partial charge in [-0.25, -0.2) is 15.2 Å². The number of hydrogen-bond acceptors (Lipinski definition) is 3. The molecule has 5 nitrogen and oxygen atoms in total. The lowest BCUT2D eigenvalue weighted by molar-refractivity contribution is 0.0914. The summed E-state index contributed by atoms with van der Waals surface area (Å²) in [4.78, 5) is 11.2. The van der Waals surface area contributed by atoms with Gasteiger partial charge < -0.3 is 9.53 Å². The van der Waals surface area contributed by atoms with Crippen LogP contribution >= 0.6 is 0 Å². The standard InChI is InChI=1S/C14H32N2O3Si/c1-13(2,3)15-16(12(17)18)10-9-11-19-20(7,8)14(4,5)6/h15H,9-11H2,1-8H3,(H,17,18). The smallest absolute Gasteiger partial charge is 0.421 e. The van der Waals surface area contributed by atoms with E-state index in [4.69, 9.17) is 9.53 Å². The summed E-state index contributed by atoms with van der Waals surface area (Å²) in [7, 11) is -1.74. The Hall–Kier alpha value is -0.593. The zero-order chi connectivity index (χ0) is 16.2. The van der Waals surface area contributed by atoms with Crippen LogP contribution in [0.3, 0.4) is 0 Å². The summed E-state index contributed by atoms with van der Waals surface area (Å²) in [6.07, 6.45) is -0.255. The Kier molecular flexibility index (Phi) is 6.71. The normalized spacial score (nSPS) is 13.4. The highest BCUT2D eigenvalue weighted by molar-refractivity contribution is 6.74. The quantitative estimate of drug-likeness (QED) is 0.446. The first-order chi connectivity index (χ1) is 8.76. The van der Waals surface area contributed by atoms with Gasteiger partial charge in [0.15, 0.2) is 8.32 Å². The second-order valence-electron chi connectivity index (χ2n) is 7.76. The number of carboxylic acid groups (broad SMARTS) is 1. The topological polar surface area (TPSA) is 61.8 Å². The monoisotopic (exact) mass is 304 g/mol. The Bertz CT molecular complexity index is 319. The van der Waals surface area contributed by atoms with Crippen molar-refractivity contribution >= 4 is 14.4 Å². The van der Waals surface area contributed by atoms with Gasteiger partial charge in [0.05, 0.1) is 0 Å². The first-order valence-electron chi connectivity index (χ1n) is 7.18. The van der Waals surface area contributed by atoms with Crippen molar-refractivity contribution in [2.75, 3.05) is 13.2 Å². The van der Waals surface area contributed by atoms with Crippen LogP contribution in [0, 0.1) is 0 Å². The van der Waals surface area contributed by atoms with E-state index in [1.807, 2.05) is 20.8 Å². The molecular formula is C14H32N2O3Si. The third kappa shape index (κ3) is 7.26. The molecule has 0 atom stereocenters. The minimum Gasteiger partial charge on any atom is -0.464 e. The Morgan fingerprint density at radius 1 is 1.20 bits per heavy atom. The van der Waals surface area contributed by atoms with Crippen LogP contribution in [-0.2, 0) is 4.43 Å². The predicted molar refractivity (Wildman–Crippen MR) is 85.4 cm³/mol. The van der Waals surface area contributed by atoms with E-state index >= 15 is 0 Å². The Balaban J connectivity index is 4.24. The summed E-state index contributed by atoms with van der Waals surface area (Å²) in [6, 6.07) is 0. The van der Waals surface area contributed by atoms with Crippen LogP contribution in [0.5, 0.6) is 0 Å². The molecule has 0 aromatic heterocycles. The Labute approximate surface area is 124 Å². The molecule has 0 saturated heterocycles. The molecule has 0 aliphatic heterocycles. The van der Waals surface area contributed by atoms with Gasteiger partial charge in [-0.05, 0) is 45.3 Å². The molecule has 0 bridgehead atoms. The lowest BCUT2D eigenvalue weighted by Gasteiger charge is -2.36. The largest absolute Gasteiger partial charge is 0.464 e. The van der Waals surface area contributed by atoms with Crippen molar-refractivity contribution in [2.45, 2.75) is 71.6 Å². The van der Waals surface area contributed by atoms with Crippen LogP contribution in [0.25, 0.3) is 0 Å². The summed E-state index contributed by atoms with van der Waals surface area (Å²) in [6.45, 7) is 17.9. The van der Waals surface area contributed by atoms with Crippen molar-refractivity contribution in [3.8, 4) is 0 Å². The van der Waals surface area contributed by atoms with Gasteiger partial charge in [-0.1, -0.05) is 20.8 Å². The van der Waals surface area contributed by atoms with Crippen LogP contribution < -0.4 is 5.43 Å². The summed E-state index contributed by atoms with van der Waals surface area (Å²) in [5, 5.41) is 10.6. The van der Waals surface area contributed by atoms with E-state index in [9.17, 15) is 4.79 Å². The van der Waals surface area contributed by atoms with Crippen LogP contribution in [-0.4, -0.2) is 43.2 Å². The molecule has 0 unspecified atom stereocenters. The number of carbonyl (C=O) groups is 1. The van der Waals surface area contributed by atoms with Crippen LogP contribution in [0.15, 0.2) is 0 Å². The number of amides is 1. The highest BCUT2D eigenvalue weighted by Crippen LogP contribution is 2.36. The molecule has 0 saturated carbocycles. The maximum atomic E-state index is 11.2. The van der Waals surface area contributed by atoms with Crippen molar-refractivity contribution in [3.63, 3.8) is 0 Å². The van der Waals surface area contributed by atoms with Gasteiger partial charge >= 0.3 is 6.09 Å². The zero-order valence-electron chi connectivity index (χ0n) is 14.3. The fraction of sp³-hybridized carbons (Fsp3) is 0.929. The Morgan fingerprint density at radius 2 is 1.70 bits per heavy atom. The van der Waals surface area contributed by atoms with E-state index < -0.39 is 14.4 Å². The van der Waals surface area contributed by atoms with Gasteiger partial charge in [-0.3, -0.25) is 0 Å². The predicted octanol–water partition coefficient (Wildman–Crippen LogP) is 3.68. The lowest BCUT2D eigenvalue weighted by Crippen LogP contribution is -2.52. The number of nitrogens with zero attached hydrogens (tertiary/aromatic N) is 1. The first-order valence-corrected chi connectivity index (χ1v) is 10.1. The molecule has 0 aliphatic carbocycles. The van der Waals surface area contributed by atoms with Gasteiger partial charge in [0.25, 0.3) is 0 Å². The molecule has 2 N–H and O–H groups in total. The third-order valence-corrected chi connectivity index (χ3v) is 8.03. The summed E-state index contributed by atoms with van der Waals surface area (Å²) in [5.74, 6) is 0. The molecule has 6 heteroatoms. The third-order valence-electron chi connectivity index (χ3n) is 3.50. The lowest BCUT2D eigenvalue weighted by atomic mass is 10.1. The van der Waals surface area contributed by atoms with E-state index in [1.165, 1.54) is 5.01 Å². The molecule has 20 heavy (non-hydrogen) atoms. The summed E-state index contributed by atoms with van der Waals surface area (Å²) >= 11 is 0. The maximum absolute atomic E-state index is 11.2. The molecule has 0 fully saturated rings. The zero-order valence-corrected chi connectivity index (χ0v) is 15.3. The SMILES string of the molecule is CC(C)(C)NN(CCCO[Si](C)(C)C(C)(C)C)C(=O)O. The van der Waals surface area contributed by atoms with E-state index in [1.54, 1.807) is 0 Å². The van der Waals surface area contributed by atoms with Gasteiger partial charge in [-0.15, -0.1) is 0 Å². The molecule has 1 amide bonds. The number of nitrogens with one attached hydrogen (secondary N) is 1. The molecule has 0 spiro atoms. The molecule has 0 heterocycles. The highest BCUT2D eigenvalue weighted by atomic mass is 28.4. The highest BCUT2D eigenvalue weighted by Gasteiger charge is 2.36. The van der Waals surface area contributed by atoms with Crippen molar-refractivity contribution in [2.24, 2.45) is 0 Å². The summed E-state index contributed by atoms with van der Waals surface area (Å²) < 4.78 is 6.05. The van der Waals surface area contributed by atoms with E-state index in [2.05, 4.69) is 39.3 Å². The van der Waals surface area contributed by atoms with Crippen molar-refractivity contribution < 1.29 is 14.3 Å². The number of rotatable bonds is 6. The molecule has 0 aromatic rings. The van der Waals surface area contributed by atoms with Crippen LogP contribution in [0.1, 0.15) is 48.0 Å². The van der Waals surface area contributed by atoms with E-state index in [0.29, 0.717) is 19.6 Å². The van der Waals surface area contributed by atoms with Crippen LogP contribution in [0.4, 0.5) is 4.79 Å². The number of hydrazine groups is 1. The minimum atomic E-state index is -1.74. The average molecular weight is 305 g/mol. The Morgan fingerprint density at radius 3 is 2.05 bits per heavy atom. The van der Waals surface area contributed by atoms with Crippen molar-refractivity contribution in [3.05, 3.63) is 0 Å². The molecule has 0 radical (unpaired) electrons. The average Bonchev–Trinajstić information content (AvgIpc) is 2.18. The van der Waals surface area contributed by atoms with Gasteiger partial charge in [0, 0.05) is 18.7 Å². The van der Waals surface area contributed by atoms with Gasteiger partial charge in [-0.2, -0.15) is 0 Å². The summed E-state index contributed by atoms with van der Waals surface area (Å²) in [5.41, 5.74) is 2.71. The molecule has 120 valence electrons. The van der Waals surface area contributed by atoms with Gasteiger partial charge in [0.1, 0.15) is 0 Å². The van der Waals surface area contributed by atoms with Crippen molar-refractivity contribution in [1.82, 2.24) is 10.4 Å². The van der Waals surface area contributed by atoms with E-state index in [-0.39, 0.29) is 10.6 Å². The first kappa shape index (κ1) is 19.4.